The Bertz CT molecular complexity index is 476. The molecule has 1 aromatic rings. The minimum atomic E-state index is -2.85. The molecule has 6 heteroatoms. The number of ether oxygens (including phenoxy) is 1. The van der Waals surface area contributed by atoms with Crippen LogP contribution in [0.3, 0.4) is 0 Å². The van der Waals surface area contributed by atoms with E-state index in [2.05, 4.69) is 16.6 Å². The highest BCUT2D eigenvalue weighted by Crippen LogP contribution is 2.19. The topological polar surface area (TPSA) is 58.6 Å². The van der Waals surface area contributed by atoms with Gasteiger partial charge in [-0.25, -0.2) is 0 Å². The number of carbonyl (C=O) groups is 1. The van der Waals surface area contributed by atoms with Gasteiger partial charge in [0.15, 0.2) is 0 Å². The molecule has 0 saturated carbocycles. The normalized spacial score (nSPS) is 13.7. The zero-order chi connectivity index (χ0) is 15.9. The van der Waals surface area contributed by atoms with Crippen LogP contribution >= 0.6 is 0 Å². The fourth-order valence-electron chi connectivity index (χ4n) is 1.80. The Morgan fingerprint density at radius 1 is 1.48 bits per heavy atom. The molecule has 21 heavy (non-hydrogen) atoms. The maximum absolute atomic E-state index is 12.0. The fraction of sp³-hybridized carbons (Fsp3) is 0.400. The molecule has 1 rings (SSSR count). The van der Waals surface area contributed by atoms with E-state index < -0.39 is 18.1 Å². The second-order valence-electron chi connectivity index (χ2n) is 4.83. The summed E-state index contributed by atoms with van der Waals surface area (Å²) in [5.41, 5.74) is -0.212. The molecule has 0 aliphatic heterocycles. The van der Waals surface area contributed by atoms with Gasteiger partial charge < -0.3 is 9.84 Å². The number of aliphatic carboxylic acids is 1. The van der Waals surface area contributed by atoms with E-state index in [9.17, 15) is 18.7 Å². The van der Waals surface area contributed by atoms with Crippen LogP contribution in [0, 0.1) is 0 Å². The predicted octanol–water partition coefficient (Wildman–Crippen LogP) is 2.84. The Morgan fingerprint density at radius 3 is 2.57 bits per heavy atom. The lowest BCUT2D eigenvalue weighted by Gasteiger charge is -2.25. The first-order valence-corrected chi connectivity index (χ1v) is 6.50. The summed E-state index contributed by atoms with van der Waals surface area (Å²) in [5.74, 6) is -0.860. The van der Waals surface area contributed by atoms with Crippen molar-refractivity contribution in [3.8, 4) is 5.75 Å². The third kappa shape index (κ3) is 5.51. The Morgan fingerprint density at radius 2 is 2.10 bits per heavy atom. The van der Waals surface area contributed by atoms with Crippen LogP contribution < -0.4 is 10.1 Å². The van der Waals surface area contributed by atoms with Crippen molar-refractivity contribution in [1.29, 1.82) is 0 Å². The van der Waals surface area contributed by atoms with E-state index in [1.807, 2.05) is 0 Å². The van der Waals surface area contributed by atoms with E-state index in [1.54, 1.807) is 25.1 Å². The summed E-state index contributed by atoms with van der Waals surface area (Å²) in [6.07, 6.45) is 2.46. The van der Waals surface area contributed by atoms with Crippen LogP contribution in [0.1, 0.15) is 18.9 Å². The fourth-order valence-corrected chi connectivity index (χ4v) is 1.80. The SMILES string of the molecule is C=CCNC(C)(CCc1ccc(OC(F)F)cc1)C(=O)O. The van der Waals surface area contributed by atoms with Crippen LogP contribution in [-0.4, -0.2) is 29.8 Å². The quantitative estimate of drug-likeness (QED) is 0.688. The molecular formula is C15H19F2NO3. The summed E-state index contributed by atoms with van der Waals surface area (Å²) < 4.78 is 28.3. The van der Waals surface area contributed by atoms with Crippen molar-refractivity contribution in [1.82, 2.24) is 5.32 Å². The maximum atomic E-state index is 12.0. The molecule has 1 atom stereocenters. The molecule has 0 heterocycles. The number of halogens is 2. The molecule has 0 aromatic heterocycles. The van der Waals surface area contributed by atoms with Crippen molar-refractivity contribution in [2.75, 3.05) is 6.54 Å². The largest absolute Gasteiger partial charge is 0.480 e. The molecule has 0 amide bonds. The summed E-state index contributed by atoms with van der Waals surface area (Å²) in [4.78, 5) is 11.3. The zero-order valence-electron chi connectivity index (χ0n) is 11.8. The van der Waals surface area contributed by atoms with Crippen molar-refractivity contribution < 1.29 is 23.4 Å². The Labute approximate surface area is 122 Å². The molecule has 0 saturated heterocycles. The van der Waals surface area contributed by atoms with Gasteiger partial charge in [0.1, 0.15) is 11.3 Å². The van der Waals surface area contributed by atoms with Crippen LogP contribution in [-0.2, 0) is 11.2 Å². The number of hydrogen-bond donors (Lipinski definition) is 2. The summed E-state index contributed by atoms with van der Waals surface area (Å²) >= 11 is 0. The van der Waals surface area contributed by atoms with Crippen molar-refractivity contribution >= 4 is 5.97 Å². The number of rotatable bonds is 9. The maximum Gasteiger partial charge on any atom is 0.387 e. The summed E-state index contributed by atoms with van der Waals surface area (Å²) in [6.45, 7) is 2.69. The first-order valence-electron chi connectivity index (χ1n) is 6.50. The summed E-state index contributed by atoms with van der Waals surface area (Å²) in [6, 6.07) is 6.18. The van der Waals surface area contributed by atoms with Crippen molar-refractivity contribution in [2.45, 2.75) is 31.9 Å². The minimum absolute atomic E-state index is 0.0829. The highest BCUT2D eigenvalue weighted by molar-refractivity contribution is 5.78. The van der Waals surface area contributed by atoms with E-state index in [0.717, 1.165) is 5.56 Å². The Balaban J connectivity index is 2.63. The molecule has 0 fully saturated rings. The number of nitrogens with one attached hydrogen (secondary N) is 1. The molecule has 2 N–H and O–H groups in total. The van der Waals surface area contributed by atoms with Gasteiger partial charge in [0, 0.05) is 6.54 Å². The number of carboxylic acid groups (broad SMARTS) is 1. The third-order valence-corrected chi connectivity index (χ3v) is 3.17. The van der Waals surface area contributed by atoms with Gasteiger partial charge in [0.05, 0.1) is 0 Å². The minimum Gasteiger partial charge on any atom is -0.480 e. The van der Waals surface area contributed by atoms with Crippen LogP contribution in [0.25, 0.3) is 0 Å². The molecule has 1 aromatic carbocycles. The molecular weight excluding hydrogens is 280 g/mol. The zero-order valence-corrected chi connectivity index (χ0v) is 11.8. The lowest BCUT2D eigenvalue weighted by molar-refractivity contribution is -0.144. The van der Waals surface area contributed by atoms with Gasteiger partial charge in [-0.3, -0.25) is 10.1 Å². The standard InChI is InChI=1S/C15H19F2NO3/c1-3-10-18-15(2,13(19)20)9-8-11-4-6-12(7-5-11)21-14(16)17/h3-7,14,18H,1,8-10H2,2H3,(H,19,20). The van der Waals surface area contributed by atoms with Crippen molar-refractivity contribution in [2.24, 2.45) is 0 Å². The Kier molecular flexibility index (Phi) is 6.30. The molecule has 0 aliphatic rings. The number of hydrogen-bond acceptors (Lipinski definition) is 3. The molecule has 0 bridgehead atoms. The average Bonchev–Trinajstić information content (AvgIpc) is 2.43. The monoisotopic (exact) mass is 299 g/mol. The van der Waals surface area contributed by atoms with Crippen LogP contribution in [0.5, 0.6) is 5.75 Å². The second-order valence-corrected chi connectivity index (χ2v) is 4.83. The van der Waals surface area contributed by atoms with Gasteiger partial charge >= 0.3 is 12.6 Å². The number of aryl methyl sites for hydroxylation is 1. The average molecular weight is 299 g/mol. The van der Waals surface area contributed by atoms with Gasteiger partial charge in [0.2, 0.25) is 0 Å². The molecule has 4 nitrogen and oxygen atoms in total. The smallest absolute Gasteiger partial charge is 0.387 e. The van der Waals surface area contributed by atoms with Crippen LogP contribution in [0.4, 0.5) is 8.78 Å². The summed E-state index contributed by atoms with van der Waals surface area (Å²) in [5, 5.41) is 12.2. The van der Waals surface area contributed by atoms with Gasteiger partial charge in [-0.2, -0.15) is 8.78 Å². The third-order valence-electron chi connectivity index (χ3n) is 3.17. The number of benzene rings is 1. The predicted molar refractivity (Wildman–Crippen MR) is 75.6 cm³/mol. The van der Waals surface area contributed by atoms with Gasteiger partial charge in [0.25, 0.3) is 0 Å². The van der Waals surface area contributed by atoms with Crippen molar-refractivity contribution in [3.63, 3.8) is 0 Å². The highest BCUT2D eigenvalue weighted by atomic mass is 19.3. The van der Waals surface area contributed by atoms with Gasteiger partial charge in [-0.1, -0.05) is 18.2 Å². The lowest BCUT2D eigenvalue weighted by atomic mass is 9.93. The van der Waals surface area contributed by atoms with Crippen LogP contribution in [0.2, 0.25) is 0 Å². The van der Waals surface area contributed by atoms with E-state index in [0.29, 0.717) is 19.4 Å². The Hall–Kier alpha value is -1.95. The lowest BCUT2D eigenvalue weighted by Crippen LogP contribution is -2.49. The van der Waals surface area contributed by atoms with E-state index in [1.165, 1.54) is 12.1 Å². The first kappa shape index (κ1) is 17.1. The first-order chi connectivity index (χ1) is 9.87. The van der Waals surface area contributed by atoms with Crippen molar-refractivity contribution in [3.05, 3.63) is 42.5 Å². The van der Waals surface area contributed by atoms with Gasteiger partial charge in [-0.15, -0.1) is 6.58 Å². The number of alkyl halides is 2. The molecule has 0 spiro atoms. The second kappa shape index (κ2) is 7.73. The highest BCUT2D eigenvalue weighted by Gasteiger charge is 2.31. The number of carboxylic acids is 1. The summed E-state index contributed by atoms with van der Waals surface area (Å²) in [7, 11) is 0. The van der Waals surface area contributed by atoms with E-state index in [-0.39, 0.29) is 5.75 Å². The van der Waals surface area contributed by atoms with Crippen LogP contribution in [0.15, 0.2) is 36.9 Å². The molecule has 1 unspecified atom stereocenters. The molecule has 0 radical (unpaired) electrons. The van der Waals surface area contributed by atoms with E-state index in [4.69, 9.17) is 0 Å². The van der Waals surface area contributed by atoms with E-state index >= 15 is 0 Å². The molecule has 116 valence electrons. The van der Waals surface area contributed by atoms with Gasteiger partial charge in [-0.05, 0) is 37.5 Å². The molecule has 0 aliphatic carbocycles.